The van der Waals surface area contributed by atoms with E-state index in [0.717, 1.165) is 22.9 Å². The van der Waals surface area contributed by atoms with E-state index in [2.05, 4.69) is 10.2 Å². The third-order valence-electron chi connectivity index (χ3n) is 4.26. The van der Waals surface area contributed by atoms with Crippen molar-refractivity contribution in [2.24, 2.45) is 0 Å². The van der Waals surface area contributed by atoms with Crippen molar-refractivity contribution < 1.29 is 14.3 Å². The first-order valence-electron chi connectivity index (χ1n) is 9.41. The van der Waals surface area contributed by atoms with Crippen molar-refractivity contribution in [1.29, 1.82) is 0 Å². The molecule has 0 unspecified atom stereocenters. The predicted molar refractivity (Wildman–Crippen MR) is 116 cm³/mol. The molecule has 0 saturated carbocycles. The van der Waals surface area contributed by atoms with Crippen LogP contribution in [0.25, 0.3) is 11.4 Å². The lowest BCUT2D eigenvalue weighted by atomic mass is 10.1. The number of ether oxygens (including phenoxy) is 1. The summed E-state index contributed by atoms with van der Waals surface area (Å²) in [4.78, 5) is 26.2. The van der Waals surface area contributed by atoms with Crippen molar-refractivity contribution in [3.63, 3.8) is 0 Å². The molecule has 0 aliphatic carbocycles. The molecule has 9 heteroatoms. The number of nitrogens with zero attached hydrogens (tertiary/aromatic N) is 4. The number of anilines is 1. The maximum Gasteiger partial charge on any atom is 0.326 e. The lowest BCUT2D eigenvalue weighted by molar-refractivity contribution is -0.142. The normalized spacial score (nSPS) is 10.6. The summed E-state index contributed by atoms with van der Waals surface area (Å²) in [6.07, 6.45) is 0. The molecule has 30 heavy (non-hydrogen) atoms. The van der Waals surface area contributed by atoms with E-state index in [0.29, 0.717) is 16.7 Å². The summed E-state index contributed by atoms with van der Waals surface area (Å²) < 4.78 is 6.36. The Morgan fingerprint density at radius 3 is 2.47 bits per heavy atom. The number of nitrogens with two attached hydrogens (primary N) is 1. The number of thioether (sulfide) groups is 1. The van der Waals surface area contributed by atoms with Gasteiger partial charge in [-0.3, -0.25) is 9.59 Å². The number of carbonyl (C=O) groups excluding carboxylic acids is 2. The smallest absolute Gasteiger partial charge is 0.326 e. The average Bonchev–Trinajstić information content (AvgIpc) is 3.12. The van der Waals surface area contributed by atoms with Crippen LogP contribution in [0.15, 0.2) is 59.8 Å². The molecular formula is C21H23N5O3S. The summed E-state index contributed by atoms with van der Waals surface area (Å²) in [6.45, 7) is 3.81. The van der Waals surface area contributed by atoms with Gasteiger partial charge in [-0.1, -0.05) is 59.8 Å². The molecule has 0 bridgehead atoms. The Kier molecular flexibility index (Phi) is 7.08. The molecular weight excluding hydrogens is 402 g/mol. The van der Waals surface area contributed by atoms with Gasteiger partial charge >= 0.3 is 5.97 Å². The lowest BCUT2D eigenvalue weighted by Crippen LogP contribution is -2.37. The third-order valence-corrected chi connectivity index (χ3v) is 5.19. The van der Waals surface area contributed by atoms with Crippen molar-refractivity contribution >= 4 is 29.3 Å². The van der Waals surface area contributed by atoms with E-state index in [-0.39, 0.29) is 24.8 Å². The molecule has 8 nitrogen and oxygen atoms in total. The van der Waals surface area contributed by atoms with E-state index in [1.54, 1.807) is 31.2 Å². The molecule has 2 aromatic carbocycles. The van der Waals surface area contributed by atoms with Crippen LogP contribution >= 0.6 is 11.8 Å². The van der Waals surface area contributed by atoms with E-state index >= 15 is 0 Å². The molecule has 0 radical (unpaired) electrons. The minimum absolute atomic E-state index is 0.0392. The predicted octanol–water partition coefficient (Wildman–Crippen LogP) is 2.66. The van der Waals surface area contributed by atoms with Crippen LogP contribution in [0.2, 0.25) is 0 Å². The molecule has 0 saturated heterocycles. The largest absolute Gasteiger partial charge is 0.465 e. The van der Waals surface area contributed by atoms with Crippen LogP contribution in [0.4, 0.5) is 5.69 Å². The Hall–Kier alpha value is -3.33. The van der Waals surface area contributed by atoms with Gasteiger partial charge in [-0.2, -0.15) is 0 Å². The van der Waals surface area contributed by atoms with Crippen LogP contribution in [0, 0.1) is 6.92 Å². The van der Waals surface area contributed by atoms with Crippen LogP contribution in [-0.2, 0) is 14.3 Å². The molecule has 0 fully saturated rings. The average molecular weight is 426 g/mol. The number of benzene rings is 2. The highest BCUT2D eigenvalue weighted by Gasteiger charge is 2.21. The molecule has 1 heterocycles. The Labute approximate surface area is 179 Å². The Bertz CT molecular complexity index is 1010. The maximum absolute atomic E-state index is 12.9. The van der Waals surface area contributed by atoms with Crippen molar-refractivity contribution in [3.05, 3.63) is 60.2 Å². The molecule has 0 aliphatic heterocycles. The summed E-state index contributed by atoms with van der Waals surface area (Å²) in [5.41, 5.74) is 2.58. The Morgan fingerprint density at radius 1 is 1.10 bits per heavy atom. The first-order chi connectivity index (χ1) is 14.5. The molecule has 156 valence electrons. The zero-order chi connectivity index (χ0) is 21.5. The number of aromatic nitrogens is 3. The minimum atomic E-state index is -0.469. The van der Waals surface area contributed by atoms with Gasteiger partial charge in [0.05, 0.1) is 12.4 Å². The van der Waals surface area contributed by atoms with Gasteiger partial charge in [0.15, 0.2) is 5.82 Å². The highest BCUT2D eigenvalue weighted by atomic mass is 32.2. The topological polar surface area (TPSA) is 103 Å². The van der Waals surface area contributed by atoms with E-state index in [1.165, 1.54) is 9.58 Å². The zero-order valence-electron chi connectivity index (χ0n) is 16.8. The summed E-state index contributed by atoms with van der Waals surface area (Å²) in [5, 5.41) is 8.64. The fraction of sp³-hybridized carbons (Fsp3) is 0.238. The highest BCUT2D eigenvalue weighted by molar-refractivity contribution is 7.99. The van der Waals surface area contributed by atoms with Gasteiger partial charge < -0.3 is 15.5 Å². The number of nitrogen functional groups attached to an aromatic ring is 1. The Morgan fingerprint density at radius 2 is 1.80 bits per heavy atom. The highest BCUT2D eigenvalue weighted by Crippen LogP contribution is 2.23. The summed E-state index contributed by atoms with van der Waals surface area (Å²) >= 11 is 1.16. The van der Waals surface area contributed by atoms with E-state index < -0.39 is 5.97 Å². The summed E-state index contributed by atoms with van der Waals surface area (Å²) in [5.74, 6) is 5.95. The molecule has 0 aliphatic rings. The number of para-hydroxylation sites is 1. The van der Waals surface area contributed by atoms with Crippen molar-refractivity contribution in [2.45, 2.75) is 19.0 Å². The zero-order valence-corrected chi connectivity index (χ0v) is 17.6. The molecule has 2 N–H and O–H groups in total. The van der Waals surface area contributed by atoms with E-state index in [1.807, 2.05) is 37.3 Å². The minimum Gasteiger partial charge on any atom is -0.465 e. The number of hydrogen-bond acceptors (Lipinski definition) is 7. The van der Waals surface area contributed by atoms with Crippen LogP contribution in [-0.4, -0.2) is 45.7 Å². The van der Waals surface area contributed by atoms with Gasteiger partial charge in [-0.25, -0.2) is 4.68 Å². The SMILES string of the molecule is CCOC(=O)CN(C(=O)CSc1nnc(-c2ccc(C)cc2)n1N)c1ccccc1. The summed E-state index contributed by atoms with van der Waals surface area (Å²) in [7, 11) is 0. The monoisotopic (exact) mass is 425 g/mol. The second-order valence-electron chi connectivity index (χ2n) is 6.45. The second kappa shape index (κ2) is 9.93. The number of rotatable bonds is 8. The van der Waals surface area contributed by atoms with Gasteiger partial charge in [0.25, 0.3) is 0 Å². The van der Waals surface area contributed by atoms with Gasteiger partial charge in [0.1, 0.15) is 6.54 Å². The number of amides is 1. The molecule has 3 rings (SSSR count). The quantitative estimate of drug-likeness (QED) is 0.336. The third kappa shape index (κ3) is 5.18. The molecule has 0 atom stereocenters. The second-order valence-corrected chi connectivity index (χ2v) is 7.39. The number of aryl methyl sites for hydroxylation is 1. The van der Waals surface area contributed by atoms with E-state index in [4.69, 9.17) is 10.6 Å². The Balaban J connectivity index is 1.72. The van der Waals surface area contributed by atoms with Crippen molar-refractivity contribution in [2.75, 3.05) is 29.6 Å². The molecule has 1 aromatic heterocycles. The first-order valence-corrected chi connectivity index (χ1v) is 10.4. The van der Waals surface area contributed by atoms with Crippen LogP contribution in [0.5, 0.6) is 0 Å². The fourth-order valence-corrected chi connectivity index (χ4v) is 3.48. The van der Waals surface area contributed by atoms with Crippen LogP contribution in [0.3, 0.4) is 0 Å². The molecule has 1 amide bonds. The lowest BCUT2D eigenvalue weighted by Gasteiger charge is -2.21. The van der Waals surface area contributed by atoms with Gasteiger partial charge in [-0.05, 0) is 26.0 Å². The van der Waals surface area contributed by atoms with E-state index in [9.17, 15) is 9.59 Å². The van der Waals surface area contributed by atoms with Crippen molar-refractivity contribution in [1.82, 2.24) is 14.9 Å². The standard InChI is InChI=1S/C21H23N5O3S/c1-3-29-19(28)13-25(17-7-5-4-6-8-17)18(27)14-30-21-24-23-20(26(21)22)16-11-9-15(2)10-12-16/h4-12H,3,13-14,22H2,1-2H3. The van der Waals surface area contributed by atoms with Gasteiger partial charge in [0, 0.05) is 11.3 Å². The van der Waals surface area contributed by atoms with Crippen LogP contribution in [0.1, 0.15) is 12.5 Å². The van der Waals surface area contributed by atoms with Crippen LogP contribution < -0.4 is 10.7 Å². The van der Waals surface area contributed by atoms with Gasteiger partial charge in [-0.15, -0.1) is 10.2 Å². The summed E-state index contributed by atoms with van der Waals surface area (Å²) in [6, 6.07) is 16.7. The van der Waals surface area contributed by atoms with Gasteiger partial charge in [0.2, 0.25) is 11.1 Å². The molecule has 0 spiro atoms. The number of esters is 1. The van der Waals surface area contributed by atoms with Crippen molar-refractivity contribution in [3.8, 4) is 11.4 Å². The first kappa shape index (κ1) is 21.4. The fourth-order valence-electron chi connectivity index (χ4n) is 2.75. The number of hydrogen-bond donors (Lipinski definition) is 1. The molecule has 3 aromatic rings. The maximum atomic E-state index is 12.9. The number of carbonyl (C=O) groups is 2.